The van der Waals surface area contributed by atoms with Crippen molar-refractivity contribution >= 4 is 0 Å². The molecular weight excluding hydrogens is 520 g/mol. The monoisotopic (exact) mass is 597 g/mol. The molecule has 0 N–H and O–H groups in total. The highest BCUT2D eigenvalue weighted by Gasteiger charge is 2.60. The highest BCUT2D eigenvalue weighted by atomic mass is 16.5. The van der Waals surface area contributed by atoms with Crippen molar-refractivity contribution in [2.45, 2.75) is 191 Å². The Hall–Kier alpha value is -0.0400. The third kappa shape index (κ3) is 6.71. The second kappa shape index (κ2) is 13.6. The van der Waals surface area contributed by atoms with Gasteiger partial charge in [0.25, 0.3) is 0 Å². The summed E-state index contributed by atoms with van der Waals surface area (Å²) in [5.41, 5.74) is 1.11. The standard InChI is InChI=1S/C42H76O/c1-11-28(2)18-17-21-31-24-25-40(5,6)42(9,10)36(29(3)33-22-15-16-23-34(31)33)26-35-30(4)39-37(41(35,7)8)27-38(43-39)32-19-13-12-14-20-32/h28-39H,11-27H2,1-10H3. The van der Waals surface area contributed by atoms with Crippen molar-refractivity contribution in [3.8, 4) is 0 Å². The highest BCUT2D eigenvalue weighted by molar-refractivity contribution is 5.09. The molecule has 1 nitrogen and oxygen atoms in total. The van der Waals surface area contributed by atoms with Crippen LogP contribution in [0.15, 0.2) is 0 Å². The van der Waals surface area contributed by atoms with E-state index < -0.39 is 0 Å². The first-order valence-corrected chi connectivity index (χ1v) is 19.9. The van der Waals surface area contributed by atoms with Gasteiger partial charge in [-0.25, -0.2) is 0 Å². The van der Waals surface area contributed by atoms with Crippen LogP contribution in [0.1, 0.15) is 178 Å². The van der Waals surface area contributed by atoms with Gasteiger partial charge in [0.1, 0.15) is 0 Å². The number of rotatable bonds is 8. The fourth-order valence-corrected chi connectivity index (χ4v) is 12.5. The fourth-order valence-electron chi connectivity index (χ4n) is 12.5. The minimum atomic E-state index is 0.346. The molecule has 0 amide bonds. The highest BCUT2D eigenvalue weighted by Crippen LogP contribution is 2.64. The van der Waals surface area contributed by atoms with Crippen LogP contribution in [0.3, 0.4) is 0 Å². The van der Waals surface area contributed by atoms with Gasteiger partial charge in [0.2, 0.25) is 0 Å². The largest absolute Gasteiger partial charge is 0.374 e. The molecule has 4 saturated carbocycles. The maximum absolute atomic E-state index is 7.14. The Labute approximate surface area is 270 Å². The van der Waals surface area contributed by atoms with Crippen molar-refractivity contribution in [1.82, 2.24) is 0 Å². The lowest BCUT2D eigenvalue weighted by molar-refractivity contribution is -0.0519. The van der Waals surface area contributed by atoms with Crippen LogP contribution in [0.4, 0.5) is 0 Å². The van der Waals surface area contributed by atoms with E-state index in [2.05, 4.69) is 69.2 Å². The molecule has 11 atom stereocenters. The van der Waals surface area contributed by atoms with Gasteiger partial charge in [0.15, 0.2) is 0 Å². The second-order valence-electron chi connectivity index (χ2n) is 19.3. The minimum absolute atomic E-state index is 0.346. The average Bonchev–Trinajstić information content (AvgIpc) is 3.51. The van der Waals surface area contributed by atoms with Crippen molar-refractivity contribution in [3.05, 3.63) is 0 Å². The molecule has 1 saturated heterocycles. The van der Waals surface area contributed by atoms with E-state index in [1.54, 1.807) is 0 Å². The van der Waals surface area contributed by atoms with E-state index in [1.165, 1.54) is 109 Å². The Balaban J connectivity index is 1.38. The summed E-state index contributed by atoms with van der Waals surface area (Å²) in [7, 11) is 0. The lowest BCUT2D eigenvalue weighted by Gasteiger charge is -2.53. The van der Waals surface area contributed by atoms with Crippen LogP contribution in [-0.2, 0) is 4.74 Å². The summed E-state index contributed by atoms with van der Waals surface area (Å²) < 4.78 is 7.14. The van der Waals surface area contributed by atoms with Crippen molar-refractivity contribution < 1.29 is 4.74 Å². The van der Waals surface area contributed by atoms with Crippen molar-refractivity contribution in [2.75, 3.05) is 0 Å². The van der Waals surface area contributed by atoms with Gasteiger partial charge in [-0.2, -0.15) is 0 Å². The molecule has 0 spiro atoms. The predicted molar refractivity (Wildman–Crippen MR) is 186 cm³/mol. The molecule has 5 rings (SSSR count). The second-order valence-corrected chi connectivity index (χ2v) is 19.3. The van der Waals surface area contributed by atoms with Crippen molar-refractivity contribution in [3.63, 3.8) is 0 Å². The smallest absolute Gasteiger partial charge is 0.0641 e. The maximum Gasteiger partial charge on any atom is 0.0641 e. The third-order valence-corrected chi connectivity index (χ3v) is 16.5. The Bertz CT molecular complexity index is 877. The maximum atomic E-state index is 7.14. The van der Waals surface area contributed by atoms with Gasteiger partial charge in [0.05, 0.1) is 12.2 Å². The zero-order valence-electron chi connectivity index (χ0n) is 30.9. The summed E-state index contributed by atoms with van der Waals surface area (Å²) in [6.07, 6.45) is 25.6. The summed E-state index contributed by atoms with van der Waals surface area (Å²) in [6, 6.07) is 0. The summed E-state index contributed by atoms with van der Waals surface area (Å²) in [6.45, 7) is 26.4. The molecule has 5 aliphatic rings. The van der Waals surface area contributed by atoms with Gasteiger partial charge in [0, 0.05) is 0 Å². The molecule has 4 aliphatic carbocycles. The first kappa shape index (κ1) is 34.3. The molecular formula is C42H76O. The minimum Gasteiger partial charge on any atom is -0.374 e. The first-order valence-electron chi connectivity index (χ1n) is 19.9. The SMILES string of the molecule is CCC(C)CCCC1CCC(C)(C)C(C)(C)C(CC2C(C)C3OC(C4CCCCC4)CC3C2(C)C)C(C)C2CCCCC12. The molecule has 250 valence electrons. The van der Waals surface area contributed by atoms with E-state index in [9.17, 15) is 0 Å². The molecule has 11 unspecified atom stereocenters. The third-order valence-electron chi connectivity index (χ3n) is 16.5. The van der Waals surface area contributed by atoms with Crippen molar-refractivity contribution in [1.29, 1.82) is 0 Å². The molecule has 5 fully saturated rings. The normalized spacial score (nSPS) is 43.7. The van der Waals surface area contributed by atoms with Crippen LogP contribution in [0, 0.1) is 75.4 Å². The van der Waals surface area contributed by atoms with Crippen LogP contribution in [0.25, 0.3) is 0 Å². The van der Waals surface area contributed by atoms with Crippen LogP contribution < -0.4 is 0 Å². The molecule has 0 aromatic heterocycles. The molecule has 0 radical (unpaired) electrons. The summed E-state index contributed by atoms with van der Waals surface area (Å²) in [4.78, 5) is 0. The van der Waals surface area contributed by atoms with Crippen LogP contribution in [0.5, 0.6) is 0 Å². The van der Waals surface area contributed by atoms with Crippen LogP contribution >= 0.6 is 0 Å². The van der Waals surface area contributed by atoms with Crippen molar-refractivity contribution in [2.24, 2.45) is 75.4 Å². The first-order chi connectivity index (χ1) is 20.3. The fraction of sp³-hybridized carbons (Fsp3) is 1.00. The molecule has 0 aromatic rings. The quantitative estimate of drug-likeness (QED) is 0.271. The number of hydrogen-bond donors (Lipinski definition) is 0. The summed E-state index contributed by atoms with van der Waals surface area (Å²) >= 11 is 0. The zero-order chi connectivity index (χ0) is 31.2. The molecule has 1 heterocycles. The number of fused-ring (bicyclic) bond motifs is 2. The van der Waals surface area contributed by atoms with Gasteiger partial charge in [-0.3, -0.25) is 0 Å². The van der Waals surface area contributed by atoms with Crippen LogP contribution in [0.2, 0.25) is 0 Å². The van der Waals surface area contributed by atoms with Gasteiger partial charge >= 0.3 is 0 Å². The van der Waals surface area contributed by atoms with E-state index in [4.69, 9.17) is 4.74 Å². The van der Waals surface area contributed by atoms with Crippen LogP contribution in [-0.4, -0.2) is 12.2 Å². The lowest BCUT2D eigenvalue weighted by Crippen LogP contribution is -2.46. The Morgan fingerprint density at radius 3 is 2.07 bits per heavy atom. The topological polar surface area (TPSA) is 9.23 Å². The molecule has 0 aromatic carbocycles. The predicted octanol–water partition coefficient (Wildman–Crippen LogP) is 12.8. The lowest BCUT2D eigenvalue weighted by atomic mass is 9.52. The van der Waals surface area contributed by atoms with Gasteiger partial charge < -0.3 is 4.74 Å². The molecule has 43 heavy (non-hydrogen) atoms. The van der Waals surface area contributed by atoms with E-state index in [0.29, 0.717) is 34.4 Å². The Morgan fingerprint density at radius 1 is 0.767 bits per heavy atom. The zero-order valence-corrected chi connectivity index (χ0v) is 30.9. The van der Waals surface area contributed by atoms with E-state index in [-0.39, 0.29) is 0 Å². The summed E-state index contributed by atoms with van der Waals surface area (Å²) in [5, 5.41) is 0. The van der Waals surface area contributed by atoms with E-state index in [0.717, 1.165) is 53.3 Å². The average molecular weight is 597 g/mol. The Kier molecular flexibility index (Phi) is 10.8. The van der Waals surface area contributed by atoms with Gasteiger partial charge in [-0.1, -0.05) is 127 Å². The summed E-state index contributed by atoms with van der Waals surface area (Å²) in [5.74, 6) is 8.48. The number of hydrogen-bond acceptors (Lipinski definition) is 1. The van der Waals surface area contributed by atoms with Gasteiger partial charge in [-0.15, -0.1) is 0 Å². The van der Waals surface area contributed by atoms with Gasteiger partial charge in [-0.05, 0) is 127 Å². The van der Waals surface area contributed by atoms with E-state index >= 15 is 0 Å². The van der Waals surface area contributed by atoms with E-state index in [1.807, 2.05) is 0 Å². The molecule has 0 bridgehead atoms. The Morgan fingerprint density at radius 2 is 1.42 bits per heavy atom. The molecule has 1 heteroatoms. The molecule has 1 aliphatic heterocycles. The number of ether oxygens (including phenoxy) is 1.